The van der Waals surface area contributed by atoms with Crippen molar-refractivity contribution in [1.29, 1.82) is 0 Å². The molecule has 1 fully saturated rings. The number of hydrogen-bond donors (Lipinski definition) is 1. The van der Waals surface area contributed by atoms with Crippen molar-refractivity contribution in [3.05, 3.63) is 35.4 Å². The first-order valence-corrected chi connectivity index (χ1v) is 5.68. The maximum atomic E-state index is 6.14. The summed E-state index contributed by atoms with van der Waals surface area (Å²) in [4.78, 5) is 0. The van der Waals surface area contributed by atoms with Crippen molar-refractivity contribution < 1.29 is 0 Å². The first-order valence-electron chi connectivity index (χ1n) is 5.68. The summed E-state index contributed by atoms with van der Waals surface area (Å²) in [5, 5.41) is 0. The number of benzene rings is 1. The summed E-state index contributed by atoms with van der Waals surface area (Å²) in [6.45, 7) is 0. The van der Waals surface area contributed by atoms with Gasteiger partial charge in [-0.15, -0.1) is 12.4 Å². The molecule has 1 nitrogen and oxygen atoms in total. The molecule has 0 aromatic heterocycles. The van der Waals surface area contributed by atoms with Crippen LogP contribution >= 0.6 is 12.4 Å². The van der Waals surface area contributed by atoms with Gasteiger partial charge in [0.25, 0.3) is 0 Å². The SMILES string of the molecule is Cl.N[C@@H]1CC[C@@H]2C[C@H]1Cc1ccccc12. The number of rotatable bonds is 0. The van der Waals surface area contributed by atoms with E-state index in [0.717, 1.165) is 11.8 Å². The van der Waals surface area contributed by atoms with Gasteiger partial charge < -0.3 is 5.73 Å². The van der Waals surface area contributed by atoms with Gasteiger partial charge in [0, 0.05) is 6.04 Å². The molecule has 0 radical (unpaired) electrons. The van der Waals surface area contributed by atoms with Crippen LogP contribution < -0.4 is 5.73 Å². The molecule has 1 aromatic rings. The second-order valence-electron chi connectivity index (χ2n) is 4.84. The zero-order valence-electron chi connectivity index (χ0n) is 8.86. The molecular weight excluding hydrogens is 206 g/mol. The van der Waals surface area contributed by atoms with Crippen molar-refractivity contribution in [2.45, 2.75) is 37.6 Å². The Bertz CT molecular complexity index is 350. The largest absolute Gasteiger partial charge is 0.327 e. The van der Waals surface area contributed by atoms with Crippen molar-refractivity contribution in [3.8, 4) is 0 Å². The third-order valence-electron chi connectivity index (χ3n) is 4.02. The molecule has 2 aliphatic carbocycles. The van der Waals surface area contributed by atoms with Gasteiger partial charge in [0.05, 0.1) is 0 Å². The topological polar surface area (TPSA) is 26.0 Å². The van der Waals surface area contributed by atoms with Gasteiger partial charge in [-0.1, -0.05) is 24.3 Å². The first-order chi connectivity index (χ1) is 6.84. The fourth-order valence-electron chi connectivity index (χ4n) is 3.21. The Labute approximate surface area is 97.5 Å². The molecule has 0 spiro atoms. The highest BCUT2D eigenvalue weighted by molar-refractivity contribution is 5.85. The molecule has 0 amide bonds. The third-order valence-corrected chi connectivity index (χ3v) is 4.02. The van der Waals surface area contributed by atoms with E-state index in [1.54, 1.807) is 11.1 Å². The molecule has 2 heteroatoms. The molecule has 3 atom stereocenters. The zero-order chi connectivity index (χ0) is 9.54. The van der Waals surface area contributed by atoms with Crippen LogP contribution in [0, 0.1) is 5.92 Å². The van der Waals surface area contributed by atoms with Crippen LogP contribution in [-0.2, 0) is 6.42 Å². The predicted molar refractivity (Wildman–Crippen MR) is 65.5 cm³/mol. The lowest BCUT2D eigenvalue weighted by atomic mass is 9.67. The molecule has 82 valence electrons. The van der Waals surface area contributed by atoms with E-state index in [9.17, 15) is 0 Å². The Balaban J connectivity index is 0.000000853. The molecule has 0 saturated heterocycles. The maximum Gasteiger partial charge on any atom is 0.00707 e. The summed E-state index contributed by atoms with van der Waals surface area (Å²) in [6, 6.07) is 9.39. The van der Waals surface area contributed by atoms with E-state index in [-0.39, 0.29) is 12.4 Å². The summed E-state index contributed by atoms with van der Waals surface area (Å²) in [6.07, 6.45) is 5.07. The van der Waals surface area contributed by atoms with Gasteiger partial charge in [0.1, 0.15) is 0 Å². The average Bonchev–Trinajstić information content (AvgIpc) is 2.24. The van der Waals surface area contributed by atoms with Crippen LogP contribution in [0.3, 0.4) is 0 Å². The van der Waals surface area contributed by atoms with E-state index < -0.39 is 0 Å². The number of halogens is 1. The zero-order valence-corrected chi connectivity index (χ0v) is 9.67. The van der Waals surface area contributed by atoms with Crippen LogP contribution in [0.4, 0.5) is 0 Å². The number of nitrogens with two attached hydrogens (primary N) is 1. The summed E-state index contributed by atoms with van der Waals surface area (Å²) in [5.74, 6) is 1.56. The first kappa shape index (κ1) is 11.0. The second-order valence-corrected chi connectivity index (χ2v) is 4.84. The molecule has 2 bridgehead atoms. The van der Waals surface area contributed by atoms with Crippen molar-refractivity contribution >= 4 is 12.4 Å². The van der Waals surface area contributed by atoms with E-state index in [0.29, 0.717) is 6.04 Å². The fourth-order valence-corrected chi connectivity index (χ4v) is 3.21. The summed E-state index contributed by atoms with van der Waals surface area (Å²) in [5.41, 5.74) is 9.31. The van der Waals surface area contributed by atoms with Crippen molar-refractivity contribution in [2.24, 2.45) is 11.7 Å². The lowest BCUT2D eigenvalue weighted by Crippen LogP contribution is -2.39. The van der Waals surface area contributed by atoms with Crippen LogP contribution in [0.1, 0.15) is 36.3 Å². The van der Waals surface area contributed by atoms with Gasteiger partial charge in [-0.25, -0.2) is 0 Å². The molecular formula is C13H18ClN. The smallest absolute Gasteiger partial charge is 0.00707 e. The van der Waals surface area contributed by atoms with Gasteiger partial charge in [-0.3, -0.25) is 0 Å². The van der Waals surface area contributed by atoms with Gasteiger partial charge in [-0.2, -0.15) is 0 Å². The highest BCUT2D eigenvalue weighted by Crippen LogP contribution is 2.43. The minimum Gasteiger partial charge on any atom is -0.327 e. The van der Waals surface area contributed by atoms with Crippen molar-refractivity contribution in [3.63, 3.8) is 0 Å². The number of hydrogen-bond acceptors (Lipinski definition) is 1. The Hall–Kier alpha value is -0.530. The highest BCUT2D eigenvalue weighted by Gasteiger charge is 2.34. The Morgan fingerprint density at radius 1 is 1.13 bits per heavy atom. The van der Waals surface area contributed by atoms with E-state index >= 15 is 0 Å². The van der Waals surface area contributed by atoms with Crippen molar-refractivity contribution in [1.82, 2.24) is 0 Å². The Morgan fingerprint density at radius 3 is 2.80 bits per heavy atom. The molecule has 0 unspecified atom stereocenters. The van der Waals surface area contributed by atoms with Gasteiger partial charge >= 0.3 is 0 Å². The minimum absolute atomic E-state index is 0. The summed E-state index contributed by atoms with van der Waals surface area (Å²) in [7, 11) is 0. The van der Waals surface area contributed by atoms with E-state index in [1.807, 2.05) is 0 Å². The minimum atomic E-state index is 0. The predicted octanol–water partition coefficient (Wildman–Crippen LogP) is 2.88. The van der Waals surface area contributed by atoms with Crippen LogP contribution in [0.25, 0.3) is 0 Å². The quantitative estimate of drug-likeness (QED) is 0.719. The van der Waals surface area contributed by atoms with E-state index in [2.05, 4.69) is 24.3 Å². The maximum absolute atomic E-state index is 6.14. The Morgan fingerprint density at radius 2 is 1.93 bits per heavy atom. The monoisotopic (exact) mass is 223 g/mol. The van der Waals surface area contributed by atoms with Crippen LogP contribution in [-0.4, -0.2) is 6.04 Å². The van der Waals surface area contributed by atoms with Gasteiger partial charge in [0.15, 0.2) is 0 Å². The summed E-state index contributed by atoms with van der Waals surface area (Å²) >= 11 is 0. The lowest BCUT2D eigenvalue weighted by molar-refractivity contribution is 0.259. The molecule has 0 heterocycles. The van der Waals surface area contributed by atoms with E-state index in [1.165, 1.54) is 25.7 Å². The lowest BCUT2D eigenvalue weighted by Gasteiger charge is -2.39. The average molecular weight is 224 g/mol. The molecule has 2 aliphatic rings. The number of fused-ring (bicyclic) bond motifs is 4. The molecule has 1 saturated carbocycles. The normalized spacial score (nSPS) is 32.7. The van der Waals surface area contributed by atoms with Crippen LogP contribution in [0.15, 0.2) is 24.3 Å². The van der Waals surface area contributed by atoms with Gasteiger partial charge in [0.2, 0.25) is 0 Å². The third kappa shape index (κ3) is 1.79. The molecule has 15 heavy (non-hydrogen) atoms. The second kappa shape index (κ2) is 4.15. The van der Waals surface area contributed by atoms with Crippen LogP contribution in [0.2, 0.25) is 0 Å². The molecule has 3 rings (SSSR count). The van der Waals surface area contributed by atoms with Gasteiger partial charge in [-0.05, 0) is 48.6 Å². The standard InChI is InChI=1S/C13H17N.ClH/c14-13-6-5-10-8-11(13)7-9-3-1-2-4-12(9)10;/h1-4,10-11,13H,5-8,14H2;1H/t10-,11-,13-;/m1./s1. The van der Waals surface area contributed by atoms with Crippen LogP contribution in [0.5, 0.6) is 0 Å². The van der Waals surface area contributed by atoms with Crippen molar-refractivity contribution in [2.75, 3.05) is 0 Å². The molecule has 1 aromatic carbocycles. The van der Waals surface area contributed by atoms with E-state index in [4.69, 9.17) is 5.73 Å². The Kier molecular flexibility index (Phi) is 3.03. The highest BCUT2D eigenvalue weighted by atomic mass is 35.5. The molecule has 2 N–H and O–H groups in total. The molecule has 0 aliphatic heterocycles. The summed E-state index contributed by atoms with van der Waals surface area (Å²) < 4.78 is 0. The fraction of sp³-hybridized carbons (Fsp3) is 0.538.